The first kappa shape index (κ1) is 14.9. The SMILES string of the molecule is CC(C)(CO)CNS(=O)(=O)Cc1ccccc1N. The average Bonchev–Trinajstić information content (AvgIpc) is 2.30. The molecule has 0 atom stereocenters. The zero-order chi connectivity index (χ0) is 13.8. The van der Waals surface area contributed by atoms with Crippen molar-refractivity contribution in [3.8, 4) is 0 Å². The number of aliphatic hydroxyl groups is 1. The van der Waals surface area contributed by atoms with E-state index in [1.54, 1.807) is 38.1 Å². The Balaban J connectivity index is 2.69. The number of aliphatic hydroxyl groups excluding tert-OH is 1. The molecule has 1 aromatic carbocycles. The lowest BCUT2D eigenvalue weighted by molar-refractivity contribution is 0.163. The number of nitrogen functional groups attached to an aromatic ring is 1. The summed E-state index contributed by atoms with van der Waals surface area (Å²) in [6.45, 7) is 3.68. The molecule has 0 radical (unpaired) electrons. The summed E-state index contributed by atoms with van der Waals surface area (Å²) in [6.07, 6.45) is 0. The second kappa shape index (κ2) is 5.69. The first-order valence-corrected chi connectivity index (χ1v) is 7.32. The highest BCUT2D eigenvalue weighted by Gasteiger charge is 2.21. The van der Waals surface area contributed by atoms with Crippen LogP contribution in [0.3, 0.4) is 0 Å². The van der Waals surface area contributed by atoms with Gasteiger partial charge in [0, 0.05) is 24.3 Å². The van der Waals surface area contributed by atoms with Crippen LogP contribution in [-0.2, 0) is 15.8 Å². The molecule has 0 fully saturated rings. The predicted molar refractivity (Wildman–Crippen MR) is 72.3 cm³/mol. The summed E-state index contributed by atoms with van der Waals surface area (Å²) >= 11 is 0. The van der Waals surface area contributed by atoms with E-state index in [2.05, 4.69) is 4.72 Å². The van der Waals surface area contributed by atoms with E-state index in [1.165, 1.54) is 0 Å². The van der Waals surface area contributed by atoms with E-state index in [-0.39, 0.29) is 18.9 Å². The van der Waals surface area contributed by atoms with Gasteiger partial charge in [-0.3, -0.25) is 0 Å². The minimum absolute atomic E-state index is 0.0804. The molecule has 0 aliphatic rings. The van der Waals surface area contributed by atoms with Crippen molar-refractivity contribution in [1.82, 2.24) is 4.72 Å². The van der Waals surface area contributed by atoms with E-state index in [0.717, 1.165) is 0 Å². The van der Waals surface area contributed by atoms with Crippen LogP contribution in [0.1, 0.15) is 19.4 Å². The Morgan fingerprint density at radius 3 is 2.50 bits per heavy atom. The number of nitrogens with one attached hydrogen (secondary N) is 1. The van der Waals surface area contributed by atoms with Crippen molar-refractivity contribution in [1.29, 1.82) is 0 Å². The molecule has 0 bridgehead atoms. The standard InChI is InChI=1S/C12H20N2O3S/c1-12(2,9-15)8-14-18(16,17)7-10-5-3-4-6-11(10)13/h3-6,14-15H,7-9,13H2,1-2H3. The second-order valence-corrected chi connectivity index (χ2v) is 6.91. The molecule has 6 heteroatoms. The molecule has 1 aromatic rings. The smallest absolute Gasteiger partial charge is 0.215 e. The molecular formula is C12H20N2O3S. The van der Waals surface area contributed by atoms with Crippen LogP contribution in [0.2, 0.25) is 0 Å². The van der Waals surface area contributed by atoms with E-state index < -0.39 is 15.4 Å². The predicted octanol–water partition coefficient (Wildman–Crippen LogP) is 0.707. The summed E-state index contributed by atoms with van der Waals surface area (Å²) in [7, 11) is -3.44. The average molecular weight is 272 g/mol. The topological polar surface area (TPSA) is 92.4 Å². The van der Waals surface area contributed by atoms with Crippen molar-refractivity contribution in [2.45, 2.75) is 19.6 Å². The lowest BCUT2D eigenvalue weighted by Crippen LogP contribution is -2.36. The fourth-order valence-corrected chi connectivity index (χ4v) is 2.67. The molecule has 0 aliphatic carbocycles. The Kier molecular flexibility index (Phi) is 4.72. The van der Waals surface area contributed by atoms with Gasteiger partial charge in [-0.05, 0) is 11.6 Å². The maximum absolute atomic E-state index is 11.9. The number of rotatable bonds is 6. The van der Waals surface area contributed by atoms with Gasteiger partial charge in [-0.2, -0.15) is 0 Å². The third-order valence-corrected chi connectivity index (χ3v) is 3.87. The lowest BCUT2D eigenvalue weighted by atomic mass is 9.96. The molecule has 0 saturated heterocycles. The van der Waals surface area contributed by atoms with Crippen molar-refractivity contribution in [2.24, 2.45) is 5.41 Å². The Morgan fingerprint density at radius 2 is 1.94 bits per heavy atom. The van der Waals surface area contributed by atoms with Crippen molar-refractivity contribution in [3.63, 3.8) is 0 Å². The van der Waals surface area contributed by atoms with Crippen molar-refractivity contribution < 1.29 is 13.5 Å². The Bertz CT molecular complexity index is 498. The maximum Gasteiger partial charge on any atom is 0.215 e. The van der Waals surface area contributed by atoms with Crippen LogP contribution in [0.5, 0.6) is 0 Å². The van der Waals surface area contributed by atoms with E-state index >= 15 is 0 Å². The summed E-state index contributed by atoms with van der Waals surface area (Å²) in [5, 5.41) is 9.07. The fraction of sp³-hybridized carbons (Fsp3) is 0.500. The van der Waals surface area contributed by atoms with Gasteiger partial charge in [-0.25, -0.2) is 13.1 Å². The van der Waals surface area contributed by atoms with Crippen molar-refractivity contribution in [2.75, 3.05) is 18.9 Å². The third kappa shape index (κ3) is 4.64. The maximum atomic E-state index is 11.9. The van der Waals surface area contributed by atoms with Gasteiger partial charge in [0.1, 0.15) is 0 Å². The second-order valence-electron chi connectivity index (χ2n) is 5.10. The number of anilines is 1. The van der Waals surface area contributed by atoms with Gasteiger partial charge in [-0.1, -0.05) is 32.0 Å². The highest BCUT2D eigenvalue weighted by atomic mass is 32.2. The molecule has 0 unspecified atom stereocenters. The summed E-state index contributed by atoms with van der Waals surface area (Å²) in [6, 6.07) is 6.86. The van der Waals surface area contributed by atoms with Gasteiger partial charge in [-0.15, -0.1) is 0 Å². The van der Waals surface area contributed by atoms with Gasteiger partial charge < -0.3 is 10.8 Å². The van der Waals surface area contributed by atoms with Crippen LogP contribution in [0.15, 0.2) is 24.3 Å². The van der Waals surface area contributed by atoms with E-state index in [1.807, 2.05) is 0 Å². The molecule has 0 heterocycles. The van der Waals surface area contributed by atoms with Gasteiger partial charge in [0.2, 0.25) is 10.0 Å². The first-order chi connectivity index (χ1) is 8.26. The van der Waals surface area contributed by atoms with Gasteiger partial charge in [0.15, 0.2) is 0 Å². The highest BCUT2D eigenvalue weighted by molar-refractivity contribution is 7.88. The number of hydrogen-bond acceptors (Lipinski definition) is 4. The minimum atomic E-state index is -3.44. The molecule has 0 spiro atoms. The summed E-state index contributed by atoms with van der Waals surface area (Å²) in [5.41, 5.74) is 6.26. The number of hydrogen-bond donors (Lipinski definition) is 3. The molecule has 102 valence electrons. The molecule has 0 aromatic heterocycles. The van der Waals surface area contributed by atoms with E-state index in [4.69, 9.17) is 10.8 Å². The molecule has 5 nitrogen and oxygen atoms in total. The number of sulfonamides is 1. The van der Waals surface area contributed by atoms with Crippen LogP contribution in [0.25, 0.3) is 0 Å². The van der Waals surface area contributed by atoms with Gasteiger partial charge in [0.05, 0.1) is 5.75 Å². The first-order valence-electron chi connectivity index (χ1n) is 5.67. The molecular weight excluding hydrogens is 252 g/mol. The molecule has 18 heavy (non-hydrogen) atoms. The molecule has 0 saturated carbocycles. The normalized spacial score (nSPS) is 12.6. The largest absolute Gasteiger partial charge is 0.398 e. The molecule has 0 aliphatic heterocycles. The van der Waals surface area contributed by atoms with Crippen molar-refractivity contribution >= 4 is 15.7 Å². The number of benzene rings is 1. The number of nitrogens with two attached hydrogens (primary N) is 1. The Morgan fingerprint density at radius 1 is 1.33 bits per heavy atom. The summed E-state index contributed by atoms with van der Waals surface area (Å²) < 4.78 is 26.2. The third-order valence-electron chi connectivity index (χ3n) is 2.60. The fourth-order valence-electron chi connectivity index (χ4n) is 1.28. The zero-order valence-corrected chi connectivity index (χ0v) is 11.5. The highest BCUT2D eigenvalue weighted by Crippen LogP contribution is 2.15. The quantitative estimate of drug-likeness (QED) is 0.665. The summed E-state index contributed by atoms with van der Waals surface area (Å²) in [5.74, 6) is -0.152. The molecule has 0 amide bonds. The van der Waals surface area contributed by atoms with Crippen LogP contribution >= 0.6 is 0 Å². The van der Waals surface area contributed by atoms with Crippen LogP contribution < -0.4 is 10.5 Å². The van der Waals surface area contributed by atoms with Crippen LogP contribution in [-0.4, -0.2) is 26.7 Å². The molecule has 4 N–H and O–H groups in total. The Labute approximate surface area is 108 Å². The summed E-state index contributed by atoms with van der Waals surface area (Å²) in [4.78, 5) is 0. The van der Waals surface area contributed by atoms with E-state index in [0.29, 0.717) is 11.3 Å². The Hall–Kier alpha value is -1.11. The lowest BCUT2D eigenvalue weighted by Gasteiger charge is -2.21. The van der Waals surface area contributed by atoms with Crippen LogP contribution in [0.4, 0.5) is 5.69 Å². The van der Waals surface area contributed by atoms with Crippen LogP contribution in [0, 0.1) is 5.41 Å². The number of para-hydroxylation sites is 1. The zero-order valence-electron chi connectivity index (χ0n) is 10.7. The monoisotopic (exact) mass is 272 g/mol. The molecule has 1 rings (SSSR count). The minimum Gasteiger partial charge on any atom is -0.398 e. The van der Waals surface area contributed by atoms with Crippen molar-refractivity contribution in [3.05, 3.63) is 29.8 Å². The van der Waals surface area contributed by atoms with Gasteiger partial charge >= 0.3 is 0 Å². The van der Waals surface area contributed by atoms with E-state index in [9.17, 15) is 8.42 Å². The van der Waals surface area contributed by atoms with Gasteiger partial charge in [0.25, 0.3) is 0 Å².